The molecule has 0 radical (unpaired) electrons. The summed E-state index contributed by atoms with van der Waals surface area (Å²) in [5.74, 6) is -2.22. The number of carbonyl (C=O) groups is 2. The maximum atomic E-state index is 12.1. The molecule has 1 fully saturated rings. The van der Waals surface area contributed by atoms with Crippen LogP contribution in [-0.2, 0) is 14.3 Å². The van der Waals surface area contributed by atoms with Crippen LogP contribution in [0.3, 0.4) is 0 Å². The van der Waals surface area contributed by atoms with E-state index in [1.165, 1.54) is 0 Å². The molecule has 0 saturated heterocycles. The molecule has 20 heavy (non-hydrogen) atoms. The monoisotopic (exact) mass is 283 g/mol. The fourth-order valence-electron chi connectivity index (χ4n) is 2.90. The number of esters is 1. The highest BCUT2D eigenvalue weighted by atomic mass is 16.5. The summed E-state index contributed by atoms with van der Waals surface area (Å²) in [6, 6.07) is 0. The van der Waals surface area contributed by atoms with Crippen molar-refractivity contribution in [2.24, 2.45) is 17.8 Å². The zero-order valence-corrected chi connectivity index (χ0v) is 12.7. The summed E-state index contributed by atoms with van der Waals surface area (Å²) in [6.07, 6.45) is 7.24. The Kier molecular flexibility index (Phi) is 7.63. The van der Waals surface area contributed by atoms with Crippen molar-refractivity contribution in [3.63, 3.8) is 0 Å². The quantitative estimate of drug-likeness (QED) is 0.641. The van der Waals surface area contributed by atoms with Crippen LogP contribution in [0.25, 0.3) is 0 Å². The van der Waals surface area contributed by atoms with Crippen molar-refractivity contribution in [3.05, 3.63) is 0 Å². The third-order valence-electron chi connectivity index (χ3n) is 4.38. The second-order valence-electron chi connectivity index (χ2n) is 5.86. The third kappa shape index (κ3) is 5.14. The van der Waals surface area contributed by atoms with Crippen molar-refractivity contribution in [1.82, 2.24) is 0 Å². The summed E-state index contributed by atoms with van der Waals surface area (Å²) in [7, 11) is 0. The highest BCUT2D eigenvalue weighted by Crippen LogP contribution is 2.31. The Morgan fingerprint density at radius 3 is 2.40 bits per heavy atom. The molecule has 1 aliphatic carbocycles. The highest BCUT2D eigenvalue weighted by Gasteiger charge is 2.33. The molecule has 116 valence electrons. The molecule has 0 aliphatic heterocycles. The van der Waals surface area contributed by atoms with E-state index in [-0.39, 0.29) is 5.97 Å². The van der Waals surface area contributed by atoms with Crippen molar-refractivity contribution in [2.75, 3.05) is 6.61 Å². The molecule has 0 aromatic carbocycles. The van der Waals surface area contributed by atoms with Gasteiger partial charge in [-0.2, -0.15) is 0 Å². The number of carbonyl (C=O) groups excluding carboxylic acids is 2. The minimum absolute atomic E-state index is 0.339. The van der Waals surface area contributed by atoms with Crippen LogP contribution < -0.4 is 5.11 Å². The first-order valence-corrected chi connectivity index (χ1v) is 7.97. The summed E-state index contributed by atoms with van der Waals surface area (Å²) in [5, 5.41) is 11.1. The Morgan fingerprint density at radius 2 is 1.85 bits per heavy atom. The summed E-state index contributed by atoms with van der Waals surface area (Å²) in [5.41, 5.74) is 0. The van der Waals surface area contributed by atoms with E-state index in [2.05, 4.69) is 13.8 Å². The first kappa shape index (κ1) is 17.0. The Bertz CT molecular complexity index is 314. The van der Waals surface area contributed by atoms with Crippen molar-refractivity contribution in [3.8, 4) is 0 Å². The number of rotatable bonds is 8. The maximum Gasteiger partial charge on any atom is 0.309 e. The number of ether oxygens (including phenoxy) is 1. The summed E-state index contributed by atoms with van der Waals surface area (Å²) in [4.78, 5) is 23.2. The van der Waals surface area contributed by atoms with E-state index in [4.69, 9.17) is 4.74 Å². The van der Waals surface area contributed by atoms with Crippen molar-refractivity contribution in [1.29, 1.82) is 0 Å². The van der Waals surface area contributed by atoms with E-state index < -0.39 is 17.8 Å². The van der Waals surface area contributed by atoms with E-state index in [1.54, 1.807) is 0 Å². The molecule has 3 unspecified atom stereocenters. The van der Waals surface area contributed by atoms with Crippen LogP contribution >= 0.6 is 0 Å². The van der Waals surface area contributed by atoms with Crippen LogP contribution in [0.2, 0.25) is 0 Å². The smallest absolute Gasteiger partial charge is 0.309 e. The average Bonchev–Trinajstić information content (AvgIpc) is 2.47. The predicted molar refractivity (Wildman–Crippen MR) is 74.7 cm³/mol. The molecule has 1 aliphatic rings. The second kappa shape index (κ2) is 8.98. The molecule has 4 heteroatoms. The van der Waals surface area contributed by atoms with E-state index in [0.29, 0.717) is 25.4 Å². The SMILES string of the molecule is CCCCC(CC)COC(=O)C1CCCCC1C(=O)[O-]. The number of hydrogen-bond donors (Lipinski definition) is 0. The van der Waals surface area contributed by atoms with Crippen LogP contribution in [0.4, 0.5) is 0 Å². The fraction of sp³-hybridized carbons (Fsp3) is 0.875. The van der Waals surface area contributed by atoms with Gasteiger partial charge in [0, 0.05) is 11.9 Å². The molecule has 0 aromatic rings. The van der Waals surface area contributed by atoms with Gasteiger partial charge in [-0.05, 0) is 25.2 Å². The maximum absolute atomic E-state index is 12.1. The van der Waals surface area contributed by atoms with Crippen molar-refractivity contribution >= 4 is 11.9 Å². The zero-order valence-electron chi connectivity index (χ0n) is 12.7. The number of hydrogen-bond acceptors (Lipinski definition) is 4. The topological polar surface area (TPSA) is 66.4 Å². The van der Waals surface area contributed by atoms with Crippen LogP contribution in [0.15, 0.2) is 0 Å². The molecule has 0 spiro atoms. The summed E-state index contributed by atoms with van der Waals surface area (Å²) >= 11 is 0. The van der Waals surface area contributed by atoms with Crippen LogP contribution in [0, 0.1) is 17.8 Å². The molecule has 3 atom stereocenters. The number of unbranched alkanes of at least 4 members (excludes halogenated alkanes) is 1. The number of aliphatic carboxylic acids is 1. The molecule has 0 heterocycles. The molecule has 0 bridgehead atoms. The third-order valence-corrected chi connectivity index (χ3v) is 4.38. The predicted octanol–water partition coefficient (Wildman–Crippen LogP) is 2.30. The van der Waals surface area contributed by atoms with E-state index >= 15 is 0 Å². The Morgan fingerprint density at radius 1 is 1.20 bits per heavy atom. The molecule has 0 N–H and O–H groups in total. The molecular weight excluding hydrogens is 256 g/mol. The Labute approximate surface area is 121 Å². The van der Waals surface area contributed by atoms with Crippen LogP contribution in [0.1, 0.15) is 65.2 Å². The van der Waals surface area contributed by atoms with E-state index in [1.807, 2.05) is 0 Å². The van der Waals surface area contributed by atoms with Gasteiger partial charge in [0.25, 0.3) is 0 Å². The Hall–Kier alpha value is -1.06. The lowest BCUT2D eigenvalue weighted by Gasteiger charge is -2.30. The number of carboxylic acid groups (broad SMARTS) is 1. The summed E-state index contributed by atoms with van der Waals surface area (Å²) < 4.78 is 5.38. The van der Waals surface area contributed by atoms with Crippen molar-refractivity contribution < 1.29 is 19.4 Å². The van der Waals surface area contributed by atoms with Gasteiger partial charge >= 0.3 is 5.97 Å². The number of carboxylic acids is 1. The van der Waals surface area contributed by atoms with Gasteiger partial charge in [-0.15, -0.1) is 0 Å². The van der Waals surface area contributed by atoms with Crippen LogP contribution in [0.5, 0.6) is 0 Å². The van der Waals surface area contributed by atoms with Gasteiger partial charge in [0.2, 0.25) is 0 Å². The molecular formula is C16H27O4-. The minimum atomic E-state index is -1.11. The van der Waals surface area contributed by atoms with Gasteiger partial charge in [0.1, 0.15) is 0 Å². The lowest BCUT2D eigenvalue weighted by Crippen LogP contribution is -2.41. The standard InChI is InChI=1S/C16H28O4/c1-3-5-8-12(4-2)11-20-16(19)14-10-7-6-9-13(14)15(17)18/h12-14H,3-11H2,1-2H3,(H,17,18)/p-1. The molecule has 1 rings (SSSR count). The fourth-order valence-corrected chi connectivity index (χ4v) is 2.90. The van der Waals surface area contributed by atoms with Gasteiger partial charge < -0.3 is 14.6 Å². The van der Waals surface area contributed by atoms with Gasteiger partial charge in [-0.3, -0.25) is 4.79 Å². The second-order valence-corrected chi connectivity index (χ2v) is 5.86. The lowest BCUT2D eigenvalue weighted by molar-refractivity contribution is -0.314. The average molecular weight is 283 g/mol. The Balaban J connectivity index is 2.45. The zero-order chi connectivity index (χ0) is 15.0. The lowest BCUT2D eigenvalue weighted by atomic mass is 9.79. The van der Waals surface area contributed by atoms with Crippen molar-refractivity contribution in [2.45, 2.75) is 65.2 Å². The molecule has 0 amide bonds. The van der Waals surface area contributed by atoms with E-state index in [0.717, 1.165) is 38.5 Å². The van der Waals surface area contributed by atoms with Gasteiger partial charge in [0.15, 0.2) is 0 Å². The largest absolute Gasteiger partial charge is 0.550 e. The molecule has 4 nitrogen and oxygen atoms in total. The van der Waals surface area contributed by atoms with Crippen LogP contribution in [-0.4, -0.2) is 18.5 Å². The first-order chi connectivity index (χ1) is 9.60. The normalized spacial score (nSPS) is 24.1. The summed E-state index contributed by atoms with van der Waals surface area (Å²) in [6.45, 7) is 4.66. The highest BCUT2D eigenvalue weighted by molar-refractivity contribution is 5.80. The van der Waals surface area contributed by atoms with Gasteiger partial charge in [0.05, 0.1) is 12.5 Å². The van der Waals surface area contributed by atoms with Gasteiger partial charge in [-0.1, -0.05) is 46.0 Å². The first-order valence-electron chi connectivity index (χ1n) is 7.97. The van der Waals surface area contributed by atoms with E-state index in [9.17, 15) is 14.7 Å². The molecule has 1 saturated carbocycles. The minimum Gasteiger partial charge on any atom is -0.550 e. The molecule has 0 aromatic heterocycles. The van der Waals surface area contributed by atoms with Gasteiger partial charge in [-0.25, -0.2) is 0 Å².